The second-order valence-electron chi connectivity index (χ2n) is 5.44. The predicted molar refractivity (Wildman–Crippen MR) is 106 cm³/mol. The fourth-order valence-corrected chi connectivity index (χ4v) is 3.46. The smallest absolute Gasteiger partial charge is 0.163 e. The molecule has 6 heteroatoms. The molecule has 0 saturated carbocycles. The van der Waals surface area contributed by atoms with Crippen molar-refractivity contribution in [2.45, 2.75) is 6.92 Å². The molecule has 128 valence electrons. The molecule has 0 aliphatic carbocycles. The maximum Gasteiger partial charge on any atom is 0.163 e. The zero-order valence-corrected chi connectivity index (χ0v) is 14.9. The second kappa shape index (κ2) is 8.10. The van der Waals surface area contributed by atoms with Crippen LogP contribution in [-0.2, 0) is 0 Å². The van der Waals surface area contributed by atoms with Gasteiger partial charge in [-0.05, 0) is 31.2 Å². The third-order valence-electron chi connectivity index (χ3n) is 3.59. The van der Waals surface area contributed by atoms with Crippen LogP contribution in [0, 0.1) is 11.3 Å². The number of rotatable bonds is 6. The standard InChI is InChI=1S/C20H16N4OS/c1-14(25)19-17(13-22-24-16-10-6-3-7-11-16)18(12-21)26-20(19)23-15-8-4-2-5-9-15/h2-11,13,23-24H,1H3/b22-13+. The highest BCUT2D eigenvalue weighted by atomic mass is 32.1. The Kier molecular flexibility index (Phi) is 5.42. The quantitative estimate of drug-likeness (QED) is 0.368. The summed E-state index contributed by atoms with van der Waals surface area (Å²) in [5.41, 5.74) is 5.57. The SMILES string of the molecule is CC(=O)c1c(Nc2ccccc2)sc(C#N)c1/C=N/Nc1ccccc1. The first-order valence-electron chi connectivity index (χ1n) is 7.93. The maximum absolute atomic E-state index is 12.2. The van der Waals surface area contributed by atoms with E-state index in [1.54, 1.807) is 0 Å². The first-order chi connectivity index (χ1) is 12.7. The summed E-state index contributed by atoms with van der Waals surface area (Å²) in [4.78, 5) is 12.7. The number of para-hydroxylation sites is 2. The van der Waals surface area contributed by atoms with Crippen LogP contribution in [0.4, 0.5) is 16.4 Å². The summed E-state index contributed by atoms with van der Waals surface area (Å²) in [6, 6.07) is 21.1. The van der Waals surface area contributed by atoms with Crippen molar-refractivity contribution in [3.63, 3.8) is 0 Å². The Bertz CT molecular complexity index is 972. The summed E-state index contributed by atoms with van der Waals surface area (Å²) in [5.74, 6) is -0.123. The number of hydrazone groups is 1. The van der Waals surface area contributed by atoms with Gasteiger partial charge in [0, 0.05) is 11.3 Å². The van der Waals surface area contributed by atoms with Crippen LogP contribution in [0.2, 0.25) is 0 Å². The molecule has 5 nitrogen and oxygen atoms in total. The fourth-order valence-electron chi connectivity index (χ4n) is 2.42. The van der Waals surface area contributed by atoms with Crippen molar-refractivity contribution in [2.75, 3.05) is 10.7 Å². The zero-order valence-electron chi connectivity index (χ0n) is 14.1. The number of Topliss-reactive ketones (excluding diaryl/α,β-unsaturated/α-hetero) is 1. The summed E-state index contributed by atoms with van der Waals surface area (Å²) < 4.78 is 0. The van der Waals surface area contributed by atoms with E-state index in [9.17, 15) is 10.1 Å². The summed E-state index contributed by atoms with van der Waals surface area (Å²) in [6.07, 6.45) is 1.52. The lowest BCUT2D eigenvalue weighted by atomic mass is 10.1. The number of anilines is 3. The van der Waals surface area contributed by atoms with Gasteiger partial charge in [-0.3, -0.25) is 10.2 Å². The highest BCUT2D eigenvalue weighted by molar-refractivity contribution is 7.17. The van der Waals surface area contributed by atoms with Crippen LogP contribution in [0.5, 0.6) is 0 Å². The Balaban J connectivity index is 1.93. The zero-order chi connectivity index (χ0) is 18.4. The average molecular weight is 360 g/mol. The highest BCUT2D eigenvalue weighted by Crippen LogP contribution is 2.34. The van der Waals surface area contributed by atoms with E-state index in [1.807, 2.05) is 60.7 Å². The van der Waals surface area contributed by atoms with Crippen LogP contribution >= 0.6 is 11.3 Å². The molecule has 0 aliphatic rings. The van der Waals surface area contributed by atoms with E-state index in [0.717, 1.165) is 11.4 Å². The summed E-state index contributed by atoms with van der Waals surface area (Å²) in [5, 5.41) is 17.5. The Hall–Kier alpha value is -3.43. The van der Waals surface area contributed by atoms with E-state index in [4.69, 9.17) is 0 Å². The average Bonchev–Trinajstić information content (AvgIpc) is 3.01. The molecule has 26 heavy (non-hydrogen) atoms. The molecule has 3 aromatic rings. The highest BCUT2D eigenvalue weighted by Gasteiger charge is 2.20. The predicted octanol–water partition coefficient (Wildman–Crippen LogP) is 5.01. The van der Waals surface area contributed by atoms with Gasteiger partial charge in [0.1, 0.15) is 15.9 Å². The number of ketones is 1. The lowest BCUT2D eigenvalue weighted by Gasteiger charge is -2.06. The first-order valence-corrected chi connectivity index (χ1v) is 8.74. The van der Waals surface area contributed by atoms with Crippen LogP contribution in [-0.4, -0.2) is 12.0 Å². The maximum atomic E-state index is 12.2. The van der Waals surface area contributed by atoms with E-state index in [1.165, 1.54) is 24.5 Å². The molecule has 0 aliphatic heterocycles. The number of nitriles is 1. The molecule has 0 amide bonds. The van der Waals surface area contributed by atoms with Gasteiger partial charge in [-0.1, -0.05) is 36.4 Å². The molecule has 2 N–H and O–H groups in total. The number of thiophene rings is 1. The molecule has 0 bridgehead atoms. The van der Waals surface area contributed by atoms with Crippen molar-refractivity contribution < 1.29 is 4.79 Å². The lowest BCUT2D eigenvalue weighted by Crippen LogP contribution is -2.01. The molecule has 0 fully saturated rings. The Morgan fingerprint density at radius 2 is 1.69 bits per heavy atom. The fraction of sp³-hybridized carbons (Fsp3) is 0.0500. The molecule has 3 rings (SSSR count). The van der Waals surface area contributed by atoms with E-state index in [2.05, 4.69) is 21.9 Å². The normalized spacial score (nSPS) is 10.5. The van der Waals surface area contributed by atoms with Crippen molar-refractivity contribution in [2.24, 2.45) is 5.10 Å². The van der Waals surface area contributed by atoms with Crippen molar-refractivity contribution in [1.82, 2.24) is 0 Å². The summed E-state index contributed by atoms with van der Waals surface area (Å²) in [6.45, 7) is 1.49. The molecular formula is C20H16N4OS. The minimum atomic E-state index is -0.123. The van der Waals surface area contributed by atoms with Crippen LogP contribution in [0.1, 0.15) is 27.7 Å². The second-order valence-corrected chi connectivity index (χ2v) is 6.46. The van der Waals surface area contributed by atoms with E-state index in [0.29, 0.717) is 21.0 Å². The Morgan fingerprint density at radius 3 is 2.27 bits per heavy atom. The van der Waals surface area contributed by atoms with E-state index in [-0.39, 0.29) is 5.78 Å². The Labute approximate surface area is 155 Å². The van der Waals surface area contributed by atoms with E-state index >= 15 is 0 Å². The van der Waals surface area contributed by atoms with Gasteiger partial charge in [0.15, 0.2) is 5.78 Å². The van der Waals surface area contributed by atoms with Crippen LogP contribution in [0.15, 0.2) is 65.8 Å². The summed E-state index contributed by atoms with van der Waals surface area (Å²) >= 11 is 1.24. The minimum absolute atomic E-state index is 0.123. The molecular weight excluding hydrogens is 344 g/mol. The van der Waals surface area contributed by atoms with Crippen molar-refractivity contribution >= 4 is 39.7 Å². The van der Waals surface area contributed by atoms with Crippen LogP contribution in [0.3, 0.4) is 0 Å². The van der Waals surface area contributed by atoms with Crippen molar-refractivity contribution in [3.8, 4) is 6.07 Å². The lowest BCUT2D eigenvalue weighted by molar-refractivity contribution is 0.101. The van der Waals surface area contributed by atoms with Crippen LogP contribution in [0.25, 0.3) is 0 Å². The summed E-state index contributed by atoms with van der Waals surface area (Å²) in [7, 11) is 0. The molecule has 0 saturated heterocycles. The van der Waals surface area contributed by atoms with Crippen molar-refractivity contribution in [1.29, 1.82) is 5.26 Å². The number of nitrogens with one attached hydrogen (secondary N) is 2. The van der Waals surface area contributed by atoms with Gasteiger partial charge >= 0.3 is 0 Å². The number of hydrogen-bond acceptors (Lipinski definition) is 6. The Morgan fingerprint density at radius 1 is 1.08 bits per heavy atom. The number of benzene rings is 2. The number of nitrogens with zero attached hydrogens (tertiary/aromatic N) is 2. The van der Waals surface area contributed by atoms with E-state index < -0.39 is 0 Å². The minimum Gasteiger partial charge on any atom is -0.347 e. The first kappa shape index (κ1) is 17.4. The van der Waals surface area contributed by atoms with Gasteiger partial charge < -0.3 is 5.32 Å². The van der Waals surface area contributed by atoms with Gasteiger partial charge in [0.25, 0.3) is 0 Å². The number of hydrogen-bond donors (Lipinski definition) is 2. The van der Waals surface area contributed by atoms with Crippen LogP contribution < -0.4 is 10.7 Å². The van der Waals surface area contributed by atoms with Gasteiger partial charge in [0.2, 0.25) is 0 Å². The van der Waals surface area contributed by atoms with Gasteiger partial charge in [-0.2, -0.15) is 10.4 Å². The van der Waals surface area contributed by atoms with Gasteiger partial charge in [-0.25, -0.2) is 0 Å². The third-order valence-corrected chi connectivity index (χ3v) is 4.62. The molecule has 0 atom stereocenters. The number of carbonyl (C=O) groups is 1. The monoisotopic (exact) mass is 360 g/mol. The molecule has 1 aromatic heterocycles. The largest absolute Gasteiger partial charge is 0.347 e. The third kappa shape index (κ3) is 3.97. The number of carbonyl (C=O) groups excluding carboxylic acids is 1. The molecule has 1 heterocycles. The topological polar surface area (TPSA) is 77.3 Å². The van der Waals surface area contributed by atoms with Gasteiger partial charge in [-0.15, -0.1) is 11.3 Å². The molecule has 0 radical (unpaired) electrons. The molecule has 2 aromatic carbocycles. The molecule has 0 spiro atoms. The van der Waals surface area contributed by atoms with Crippen molar-refractivity contribution in [3.05, 3.63) is 76.7 Å². The molecule has 0 unspecified atom stereocenters. The van der Waals surface area contributed by atoms with Gasteiger partial charge in [0.05, 0.1) is 17.5 Å².